The molecule has 0 atom stereocenters. The van der Waals surface area contributed by atoms with Crippen LogP contribution >= 0.6 is 11.6 Å². The molecular formula is C15H23ClN2O2. The second-order valence-electron chi connectivity index (χ2n) is 5.75. The van der Waals surface area contributed by atoms with E-state index < -0.39 is 0 Å². The van der Waals surface area contributed by atoms with E-state index in [0.717, 1.165) is 6.54 Å². The lowest BCUT2D eigenvalue weighted by Gasteiger charge is -2.22. The second-order valence-corrected chi connectivity index (χ2v) is 6.13. The Hall–Kier alpha value is -1.03. The molecule has 0 aliphatic heterocycles. The van der Waals surface area contributed by atoms with E-state index in [-0.39, 0.29) is 11.2 Å². The van der Waals surface area contributed by atoms with Crippen LogP contribution in [0.4, 0.5) is 0 Å². The summed E-state index contributed by atoms with van der Waals surface area (Å²) in [7, 11) is 0. The van der Waals surface area contributed by atoms with Gasteiger partial charge in [0.05, 0.1) is 0 Å². The first kappa shape index (κ1) is 15.4. The highest BCUT2D eigenvalue weighted by Gasteiger charge is 2.16. The van der Waals surface area contributed by atoms with Crippen molar-refractivity contribution < 1.29 is 0 Å². The molecule has 1 saturated carbocycles. The Kier molecular flexibility index (Phi) is 5.46. The average molecular weight is 299 g/mol. The third-order valence-electron chi connectivity index (χ3n) is 4.10. The first-order valence-corrected chi connectivity index (χ1v) is 8.03. The maximum Gasteiger partial charge on any atom is 0.330 e. The van der Waals surface area contributed by atoms with Gasteiger partial charge in [-0.1, -0.05) is 19.3 Å². The zero-order chi connectivity index (χ0) is 14.5. The van der Waals surface area contributed by atoms with E-state index in [1.54, 1.807) is 17.7 Å². The van der Waals surface area contributed by atoms with Gasteiger partial charge < -0.3 is 0 Å². The summed E-state index contributed by atoms with van der Waals surface area (Å²) in [4.78, 5) is 24.5. The smallest absolute Gasteiger partial charge is 0.300 e. The van der Waals surface area contributed by atoms with Crippen LogP contribution in [0.3, 0.4) is 0 Å². The molecule has 1 aromatic heterocycles. The molecule has 20 heavy (non-hydrogen) atoms. The number of halogens is 1. The zero-order valence-corrected chi connectivity index (χ0v) is 12.9. The number of rotatable bonds is 5. The average Bonchev–Trinajstić information content (AvgIpc) is 2.46. The SMILES string of the molecule is Cc1cn(CC2CCCCC2)c(=O)n(CCCCl)c1=O. The minimum atomic E-state index is -0.184. The van der Waals surface area contributed by atoms with Gasteiger partial charge in [0.15, 0.2) is 0 Å². The summed E-state index contributed by atoms with van der Waals surface area (Å²) < 4.78 is 3.06. The number of hydrogen-bond donors (Lipinski definition) is 0. The van der Waals surface area contributed by atoms with Crippen molar-refractivity contribution in [3.63, 3.8) is 0 Å². The molecular weight excluding hydrogens is 276 g/mol. The number of hydrogen-bond acceptors (Lipinski definition) is 2. The largest absolute Gasteiger partial charge is 0.330 e. The molecule has 0 unspecified atom stereocenters. The molecule has 1 aromatic rings. The fourth-order valence-electron chi connectivity index (χ4n) is 2.99. The molecule has 1 aliphatic carbocycles. The minimum Gasteiger partial charge on any atom is -0.300 e. The van der Waals surface area contributed by atoms with Crippen LogP contribution in [0.1, 0.15) is 44.1 Å². The predicted octanol–water partition coefficient (Wildman–Crippen LogP) is 2.53. The molecule has 1 aliphatic rings. The Balaban J connectivity index is 2.26. The summed E-state index contributed by atoms with van der Waals surface area (Å²) in [6, 6.07) is 0. The second kappa shape index (κ2) is 7.11. The van der Waals surface area contributed by atoms with Gasteiger partial charge in [0.1, 0.15) is 0 Å². The van der Waals surface area contributed by atoms with Crippen LogP contribution in [0.2, 0.25) is 0 Å². The van der Waals surface area contributed by atoms with Crippen LogP contribution < -0.4 is 11.2 Å². The molecule has 0 bridgehead atoms. The molecule has 0 aromatic carbocycles. The minimum absolute atomic E-state index is 0.181. The number of alkyl halides is 1. The Labute approximate surface area is 124 Å². The van der Waals surface area contributed by atoms with Crippen LogP contribution in [0.5, 0.6) is 0 Å². The van der Waals surface area contributed by atoms with Crippen molar-refractivity contribution in [3.8, 4) is 0 Å². The van der Waals surface area contributed by atoms with E-state index in [1.165, 1.54) is 36.7 Å². The predicted molar refractivity (Wildman–Crippen MR) is 81.6 cm³/mol. The first-order chi connectivity index (χ1) is 9.63. The molecule has 2 rings (SSSR count). The van der Waals surface area contributed by atoms with Crippen molar-refractivity contribution in [2.45, 2.75) is 58.5 Å². The lowest BCUT2D eigenvalue weighted by molar-refractivity contribution is 0.310. The molecule has 0 N–H and O–H groups in total. The molecule has 1 heterocycles. The van der Waals surface area contributed by atoms with Gasteiger partial charge in [-0.2, -0.15) is 0 Å². The van der Waals surface area contributed by atoms with Gasteiger partial charge in [-0.05, 0) is 32.1 Å². The van der Waals surface area contributed by atoms with Gasteiger partial charge in [-0.3, -0.25) is 13.9 Å². The van der Waals surface area contributed by atoms with E-state index in [9.17, 15) is 9.59 Å². The standard InChI is InChI=1S/C15H23ClN2O2/c1-12-10-17(11-13-6-3-2-4-7-13)15(20)18(14(12)19)9-5-8-16/h10,13H,2-9,11H2,1H3. The number of aryl methyl sites for hydroxylation is 1. The summed E-state index contributed by atoms with van der Waals surface area (Å²) >= 11 is 5.67. The Morgan fingerprint density at radius 2 is 1.95 bits per heavy atom. The zero-order valence-electron chi connectivity index (χ0n) is 12.1. The van der Waals surface area contributed by atoms with E-state index in [4.69, 9.17) is 11.6 Å². The van der Waals surface area contributed by atoms with Crippen LogP contribution in [-0.2, 0) is 13.1 Å². The number of aromatic nitrogens is 2. The third kappa shape index (κ3) is 3.54. The molecule has 5 heteroatoms. The molecule has 0 radical (unpaired) electrons. The van der Waals surface area contributed by atoms with Crippen molar-refractivity contribution >= 4 is 11.6 Å². The molecule has 0 spiro atoms. The van der Waals surface area contributed by atoms with Gasteiger partial charge in [0, 0.05) is 30.7 Å². The summed E-state index contributed by atoms with van der Waals surface area (Å²) in [5, 5.41) is 0. The van der Waals surface area contributed by atoms with Crippen LogP contribution in [0.15, 0.2) is 15.8 Å². The highest BCUT2D eigenvalue weighted by atomic mass is 35.5. The molecule has 112 valence electrons. The van der Waals surface area contributed by atoms with Gasteiger partial charge in [-0.15, -0.1) is 11.6 Å². The molecule has 0 saturated heterocycles. The number of nitrogens with zero attached hydrogens (tertiary/aromatic N) is 2. The maximum absolute atomic E-state index is 12.4. The lowest BCUT2D eigenvalue weighted by Crippen LogP contribution is -2.41. The lowest BCUT2D eigenvalue weighted by atomic mass is 9.89. The maximum atomic E-state index is 12.4. The highest BCUT2D eigenvalue weighted by molar-refractivity contribution is 6.17. The van der Waals surface area contributed by atoms with Crippen molar-refractivity contribution in [2.24, 2.45) is 5.92 Å². The fraction of sp³-hybridized carbons (Fsp3) is 0.733. The monoisotopic (exact) mass is 298 g/mol. The summed E-state index contributed by atoms with van der Waals surface area (Å²) in [5.41, 5.74) is 0.270. The topological polar surface area (TPSA) is 44.0 Å². The fourth-order valence-corrected chi connectivity index (χ4v) is 3.11. The Bertz CT molecular complexity index is 556. The van der Waals surface area contributed by atoms with Crippen molar-refractivity contribution in [1.82, 2.24) is 9.13 Å². The summed E-state index contributed by atoms with van der Waals surface area (Å²) in [5.74, 6) is 1.03. The molecule has 0 amide bonds. The van der Waals surface area contributed by atoms with E-state index in [2.05, 4.69) is 0 Å². The normalized spacial score (nSPS) is 16.5. The molecule has 1 fully saturated rings. The first-order valence-electron chi connectivity index (χ1n) is 7.50. The van der Waals surface area contributed by atoms with Crippen LogP contribution in [0, 0.1) is 12.8 Å². The van der Waals surface area contributed by atoms with Crippen LogP contribution in [-0.4, -0.2) is 15.0 Å². The summed E-state index contributed by atoms with van der Waals surface area (Å²) in [6.45, 7) is 2.92. The van der Waals surface area contributed by atoms with E-state index in [1.807, 2.05) is 0 Å². The van der Waals surface area contributed by atoms with Crippen LogP contribution in [0.25, 0.3) is 0 Å². The van der Waals surface area contributed by atoms with Gasteiger partial charge in [0.2, 0.25) is 0 Å². The van der Waals surface area contributed by atoms with Crippen molar-refractivity contribution in [3.05, 3.63) is 32.6 Å². The van der Waals surface area contributed by atoms with Crippen molar-refractivity contribution in [1.29, 1.82) is 0 Å². The van der Waals surface area contributed by atoms with Crippen molar-refractivity contribution in [2.75, 3.05) is 5.88 Å². The highest BCUT2D eigenvalue weighted by Crippen LogP contribution is 2.24. The van der Waals surface area contributed by atoms with Gasteiger partial charge >= 0.3 is 5.69 Å². The van der Waals surface area contributed by atoms with E-state index >= 15 is 0 Å². The van der Waals surface area contributed by atoms with Gasteiger partial charge in [-0.25, -0.2) is 4.79 Å². The molecule has 4 nitrogen and oxygen atoms in total. The third-order valence-corrected chi connectivity index (χ3v) is 4.37. The Morgan fingerprint density at radius 3 is 2.60 bits per heavy atom. The quantitative estimate of drug-likeness (QED) is 0.784. The van der Waals surface area contributed by atoms with E-state index in [0.29, 0.717) is 30.3 Å². The Morgan fingerprint density at radius 1 is 1.25 bits per heavy atom. The van der Waals surface area contributed by atoms with Gasteiger partial charge in [0.25, 0.3) is 5.56 Å². The summed E-state index contributed by atoms with van der Waals surface area (Å²) in [6.07, 6.45) is 8.55.